The number of benzene rings is 3. The molecule has 0 spiro atoms. The average molecular weight is 548 g/mol. The van der Waals surface area contributed by atoms with Crippen LogP contribution in [0.3, 0.4) is 0 Å². The maximum Gasteiger partial charge on any atom is 0.416 e. The van der Waals surface area contributed by atoms with E-state index in [-0.39, 0.29) is 23.8 Å². The van der Waals surface area contributed by atoms with Crippen LogP contribution in [-0.4, -0.2) is 35.0 Å². The van der Waals surface area contributed by atoms with Crippen LogP contribution in [0.15, 0.2) is 72.8 Å². The predicted molar refractivity (Wildman–Crippen MR) is 139 cm³/mol. The Balaban J connectivity index is 1.63. The molecular formula is C26H21ClF3N3O3S. The molecule has 37 heavy (non-hydrogen) atoms. The van der Waals surface area contributed by atoms with Gasteiger partial charge in [0.25, 0.3) is 5.91 Å². The topological polar surface area (TPSA) is 61.9 Å². The molecule has 1 aliphatic rings. The number of ether oxygens (including phenoxy) is 1. The number of amides is 2. The summed E-state index contributed by atoms with van der Waals surface area (Å²) in [6.45, 7) is 0.156. The molecule has 192 valence electrons. The Hall–Kier alpha value is -3.63. The minimum absolute atomic E-state index is 0.00411. The second-order valence-electron chi connectivity index (χ2n) is 8.26. The number of alkyl halides is 3. The van der Waals surface area contributed by atoms with E-state index in [1.54, 1.807) is 53.4 Å². The molecule has 6 nitrogen and oxygen atoms in total. The Bertz CT molecular complexity index is 1320. The standard InChI is InChI=1S/C26H21ClF3N3O3S/c1-36-21-11-5-16(6-12-21)15-32-22(14-23(34)31-19-9-7-18(27)8-10-19)24(35)33(25(32)37)20-4-2-3-17(13-20)26(28,29)30/h2-13,22H,14-15H2,1H3,(H,31,34). The molecule has 2 amide bonds. The number of hydrogen-bond acceptors (Lipinski definition) is 4. The van der Waals surface area contributed by atoms with E-state index >= 15 is 0 Å². The van der Waals surface area contributed by atoms with Gasteiger partial charge >= 0.3 is 6.18 Å². The van der Waals surface area contributed by atoms with E-state index in [1.165, 1.54) is 19.2 Å². The second-order valence-corrected chi connectivity index (χ2v) is 9.06. The molecule has 0 aliphatic carbocycles. The Kier molecular flexibility index (Phi) is 7.70. The molecule has 1 atom stereocenters. The molecule has 1 heterocycles. The SMILES string of the molecule is COc1ccc(CN2C(=S)N(c3cccc(C(F)(F)F)c3)C(=O)C2CC(=O)Nc2ccc(Cl)cc2)cc1. The molecule has 0 bridgehead atoms. The Morgan fingerprint density at radius 2 is 1.76 bits per heavy atom. The lowest BCUT2D eigenvalue weighted by molar-refractivity contribution is -0.137. The molecule has 11 heteroatoms. The Morgan fingerprint density at radius 1 is 1.08 bits per heavy atom. The van der Waals surface area contributed by atoms with Crippen molar-refractivity contribution in [3.8, 4) is 5.75 Å². The Morgan fingerprint density at radius 3 is 2.38 bits per heavy atom. The summed E-state index contributed by atoms with van der Waals surface area (Å²) in [5.41, 5.74) is 0.320. The zero-order chi connectivity index (χ0) is 26.7. The van der Waals surface area contributed by atoms with Gasteiger partial charge in [0.2, 0.25) is 5.91 Å². The number of rotatable bonds is 7. The van der Waals surface area contributed by atoms with Gasteiger partial charge in [-0.05, 0) is 72.4 Å². The maximum absolute atomic E-state index is 13.5. The highest BCUT2D eigenvalue weighted by atomic mass is 35.5. The number of carbonyl (C=O) groups excluding carboxylic acids is 2. The van der Waals surface area contributed by atoms with Gasteiger partial charge in [-0.25, -0.2) is 0 Å². The average Bonchev–Trinajstić information content (AvgIpc) is 3.09. The van der Waals surface area contributed by atoms with E-state index in [9.17, 15) is 22.8 Å². The van der Waals surface area contributed by atoms with E-state index in [0.29, 0.717) is 16.5 Å². The summed E-state index contributed by atoms with van der Waals surface area (Å²) in [5.74, 6) is -0.425. The van der Waals surface area contributed by atoms with Crippen molar-refractivity contribution in [3.63, 3.8) is 0 Å². The van der Waals surface area contributed by atoms with Crippen molar-refractivity contribution in [2.45, 2.75) is 25.2 Å². The van der Waals surface area contributed by atoms with Crippen molar-refractivity contribution in [2.75, 3.05) is 17.3 Å². The van der Waals surface area contributed by atoms with Gasteiger partial charge in [0.1, 0.15) is 11.8 Å². The van der Waals surface area contributed by atoms with Crippen LogP contribution in [0, 0.1) is 0 Å². The van der Waals surface area contributed by atoms with Crippen molar-refractivity contribution < 1.29 is 27.5 Å². The summed E-state index contributed by atoms with van der Waals surface area (Å²) in [6.07, 6.45) is -4.87. The van der Waals surface area contributed by atoms with E-state index in [4.69, 9.17) is 28.6 Å². The molecule has 1 saturated heterocycles. The predicted octanol–water partition coefficient (Wildman–Crippen LogP) is 5.90. The van der Waals surface area contributed by atoms with Crippen LogP contribution in [0.25, 0.3) is 0 Å². The van der Waals surface area contributed by atoms with E-state index in [0.717, 1.165) is 22.6 Å². The molecular weight excluding hydrogens is 527 g/mol. The molecule has 1 N–H and O–H groups in total. The summed E-state index contributed by atoms with van der Waals surface area (Å²) in [5, 5.41) is 3.21. The summed E-state index contributed by atoms with van der Waals surface area (Å²) in [7, 11) is 1.53. The van der Waals surface area contributed by atoms with E-state index < -0.39 is 29.6 Å². The Labute approximate surface area is 221 Å². The quantitative estimate of drug-likeness (QED) is 0.373. The smallest absolute Gasteiger partial charge is 0.416 e. The second kappa shape index (κ2) is 10.8. The van der Waals surface area contributed by atoms with Gasteiger partial charge < -0.3 is 15.0 Å². The first-order valence-electron chi connectivity index (χ1n) is 11.1. The molecule has 0 saturated carbocycles. The number of hydrogen-bond donors (Lipinski definition) is 1. The molecule has 1 fully saturated rings. The van der Waals surface area contributed by atoms with Crippen LogP contribution in [0.4, 0.5) is 24.5 Å². The van der Waals surface area contributed by atoms with E-state index in [1.807, 2.05) is 0 Å². The van der Waals surface area contributed by atoms with Gasteiger partial charge in [-0.15, -0.1) is 0 Å². The normalized spacial score (nSPS) is 15.8. The van der Waals surface area contributed by atoms with Crippen LogP contribution >= 0.6 is 23.8 Å². The van der Waals surface area contributed by atoms with Gasteiger partial charge in [0.15, 0.2) is 5.11 Å². The minimum atomic E-state index is -4.60. The largest absolute Gasteiger partial charge is 0.497 e. The number of nitrogens with one attached hydrogen (secondary N) is 1. The van der Waals surface area contributed by atoms with Crippen LogP contribution in [-0.2, 0) is 22.3 Å². The van der Waals surface area contributed by atoms with Gasteiger partial charge in [0.05, 0.1) is 24.8 Å². The number of nitrogens with zero attached hydrogens (tertiary/aromatic N) is 2. The van der Waals surface area contributed by atoms with Crippen molar-refractivity contribution in [2.24, 2.45) is 0 Å². The number of halogens is 4. The number of methoxy groups -OCH3 is 1. The van der Waals surface area contributed by atoms with Crippen molar-refractivity contribution in [1.82, 2.24) is 4.90 Å². The third-order valence-electron chi connectivity index (χ3n) is 5.77. The summed E-state index contributed by atoms with van der Waals surface area (Å²) in [4.78, 5) is 29.0. The lowest BCUT2D eigenvalue weighted by Crippen LogP contribution is -2.37. The molecule has 0 radical (unpaired) electrons. The van der Waals surface area contributed by atoms with Crippen molar-refractivity contribution >= 4 is 52.1 Å². The van der Waals surface area contributed by atoms with Gasteiger partial charge in [-0.3, -0.25) is 14.5 Å². The highest BCUT2D eigenvalue weighted by molar-refractivity contribution is 7.80. The third kappa shape index (κ3) is 6.03. The van der Waals surface area contributed by atoms with Gasteiger partial charge in [0, 0.05) is 17.3 Å². The number of anilines is 2. The fourth-order valence-electron chi connectivity index (χ4n) is 3.92. The molecule has 3 aromatic rings. The van der Waals surface area contributed by atoms with Crippen molar-refractivity contribution in [3.05, 3.63) is 88.9 Å². The first-order valence-corrected chi connectivity index (χ1v) is 11.9. The summed E-state index contributed by atoms with van der Waals surface area (Å²) >= 11 is 11.4. The molecule has 1 aliphatic heterocycles. The van der Waals surface area contributed by atoms with Gasteiger partial charge in [-0.2, -0.15) is 13.2 Å². The molecule has 0 aromatic heterocycles. The zero-order valence-electron chi connectivity index (χ0n) is 19.5. The van der Waals surface area contributed by atoms with Crippen LogP contribution in [0.1, 0.15) is 17.5 Å². The first kappa shape index (κ1) is 26.4. The van der Waals surface area contributed by atoms with Crippen LogP contribution in [0.2, 0.25) is 5.02 Å². The fraction of sp³-hybridized carbons (Fsp3) is 0.192. The van der Waals surface area contributed by atoms with Crippen LogP contribution in [0.5, 0.6) is 5.75 Å². The molecule has 4 rings (SSSR count). The van der Waals surface area contributed by atoms with Crippen LogP contribution < -0.4 is 15.0 Å². The summed E-state index contributed by atoms with van der Waals surface area (Å²) in [6, 6.07) is 16.8. The molecule has 3 aromatic carbocycles. The minimum Gasteiger partial charge on any atom is -0.497 e. The number of carbonyl (C=O) groups is 2. The fourth-order valence-corrected chi connectivity index (χ4v) is 4.43. The lowest BCUT2D eigenvalue weighted by atomic mass is 10.1. The maximum atomic E-state index is 13.5. The third-order valence-corrected chi connectivity index (χ3v) is 6.44. The monoisotopic (exact) mass is 547 g/mol. The first-order chi connectivity index (χ1) is 17.6. The molecule has 1 unspecified atom stereocenters. The highest BCUT2D eigenvalue weighted by Crippen LogP contribution is 2.34. The highest BCUT2D eigenvalue weighted by Gasteiger charge is 2.44. The summed E-state index contributed by atoms with van der Waals surface area (Å²) < 4.78 is 45.2. The number of thiocarbonyl (C=S) groups is 1. The zero-order valence-corrected chi connectivity index (χ0v) is 21.0. The van der Waals surface area contributed by atoms with Gasteiger partial charge in [-0.1, -0.05) is 29.8 Å². The lowest BCUT2D eigenvalue weighted by Gasteiger charge is -2.24. The van der Waals surface area contributed by atoms with E-state index in [2.05, 4.69) is 5.32 Å². The van der Waals surface area contributed by atoms with Crippen molar-refractivity contribution in [1.29, 1.82) is 0 Å².